The molecule has 1 unspecified atom stereocenters. The molecule has 0 amide bonds. The molecule has 8 heteroatoms. The molecule has 1 atom stereocenters. The Bertz CT molecular complexity index is 1550. The van der Waals surface area contributed by atoms with Gasteiger partial charge >= 0.3 is 0 Å². The third-order valence-electron chi connectivity index (χ3n) is 7.07. The van der Waals surface area contributed by atoms with E-state index >= 15 is 0 Å². The molecule has 0 fully saturated rings. The van der Waals surface area contributed by atoms with Crippen molar-refractivity contribution < 1.29 is 13.9 Å². The van der Waals surface area contributed by atoms with Gasteiger partial charge in [-0.2, -0.15) is 4.98 Å². The highest BCUT2D eigenvalue weighted by Crippen LogP contribution is 2.46. The molecule has 0 radical (unpaired) electrons. The molecular weight excluding hydrogens is 511 g/mol. The Morgan fingerprint density at radius 1 is 1.03 bits per heavy atom. The second-order valence-corrected chi connectivity index (χ2v) is 11.7. The van der Waals surface area contributed by atoms with Crippen molar-refractivity contribution in [1.82, 2.24) is 14.8 Å². The van der Waals surface area contributed by atoms with Crippen LogP contribution in [-0.4, -0.2) is 20.5 Å². The summed E-state index contributed by atoms with van der Waals surface area (Å²) in [5, 5.41) is 8.71. The summed E-state index contributed by atoms with van der Waals surface area (Å²) in [4.78, 5) is 18.2. The zero-order valence-corrected chi connectivity index (χ0v) is 22.7. The summed E-state index contributed by atoms with van der Waals surface area (Å²) in [6, 6.07) is 24.2. The number of carbonyl (C=O) groups is 1. The number of Topliss-reactive ketones (excluding diaryl/α,β-unsaturated/α-hetero) is 1. The number of fused-ring (bicyclic) bond motifs is 1. The Morgan fingerprint density at radius 2 is 1.77 bits per heavy atom. The first-order valence-corrected chi connectivity index (χ1v) is 14.0. The number of anilines is 1. The number of ketones is 1. The molecule has 1 aromatic heterocycles. The average Bonchev–Trinajstić information content (AvgIpc) is 3.33. The summed E-state index contributed by atoms with van der Waals surface area (Å²) in [6.45, 7) is 4.70. The number of aromatic nitrogens is 3. The highest BCUT2D eigenvalue weighted by atomic mass is 32.2. The molecule has 0 saturated carbocycles. The highest BCUT2D eigenvalue weighted by molar-refractivity contribution is 7.98. The number of hydrogen-bond acceptors (Lipinski definition) is 6. The van der Waals surface area contributed by atoms with Crippen LogP contribution in [0.5, 0.6) is 5.75 Å². The summed E-state index contributed by atoms with van der Waals surface area (Å²) in [7, 11) is 0. The van der Waals surface area contributed by atoms with E-state index in [1.807, 2.05) is 60.7 Å². The maximum absolute atomic E-state index is 14.2. The van der Waals surface area contributed by atoms with Crippen molar-refractivity contribution in [2.75, 3.05) is 5.32 Å². The van der Waals surface area contributed by atoms with Gasteiger partial charge < -0.3 is 10.1 Å². The van der Waals surface area contributed by atoms with Gasteiger partial charge in [0.25, 0.3) is 0 Å². The lowest BCUT2D eigenvalue weighted by atomic mass is 9.73. The van der Waals surface area contributed by atoms with Crippen LogP contribution in [0.15, 0.2) is 95.3 Å². The summed E-state index contributed by atoms with van der Waals surface area (Å²) < 4.78 is 22.0. The van der Waals surface area contributed by atoms with Gasteiger partial charge in [-0.05, 0) is 46.7 Å². The van der Waals surface area contributed by atoms with Gasteiger partial charge in [0.1, 0.15) is 24.2 Å². The number of ether oxygens (including phenoxy) is 1. The van der Waals surface area contributed by atoms with Crippen LogP contribution in [0.3, 0.4) is 0 Å². The molecule has 2 heterocycles. The zero-order valence-electron chi connectivity index (χ0n) is 21.9. The molecular formula is C31H29FN4O2S. The van der Waals surface area contributed by atoms with Crippen molar-refractivity contribution in [3.63, 3.8) is 0 Å². The van der Waals surface area contributed by atoms with Crippen LogP contribution in [0.2, 0.25) is 0 Å². The molecule has 0 bridgehead atoms. The van der Waals surface area contributed by atoms with Crippen molar-refractivity contribution in [2.24, 2.45) is 5.41 Å². The molecule has 198 valence electrons. The smallest absolute Gasteiger partial charge is 0.227 e. The van der Waals surface area contributed by atoms with E-state index in [4.69, 9.17) is 14.8 Å². The molecule has 4 aromatic rings. The van der Waals surface area contributed by atoms with Crippen molar-refractivity contribution in [2.45, 2.75) is 50.2 Å². The van der Waals surface area contributed by atoms with Crippen LogP contribution in [0.25, 0.3) is 0 Å². The zero-order chi connectivity index (χ0) is 27.0. The van der Waals surface area contributed by atoms with Gasteiger partial charge in [-0.1, -0.05) is 86.3 Å². The largest absolute Gasteiger partial charge is 0.489 e. The van der Waals surface area contributed by atoms with Crippen LogP contribution in [0, 0.1) is 11.2 Å². The molecule has 39 heavy (non-hydrogen) atoms. The predicted molar refractivity (Wildman–Crippen MR) is 150 cm³/mol. The van der Waals surface area contributed by atoms with Crippen LogP contribution >= 0.6 is 11.8 Å². The Labute approximate surface area is 231 Å². The summed E-state index contributed by atoms with van der Waals surface area (Å²) in [5.74, 6) is 1.62. The molecule has 6 nitrogen and oxygen atoms in total. The second-order valence-electron chi connectivity index (χ2n) is 10.7. The molecule has 2 aliphatic rings. The van der Waals surface area contributed by atoms with Crippen molar-refractivity contribution in [3.8, 4) is 5.75 Å². The molecule has 0 saturated heterocycles. The monoisotopic (exact) mass is 540 g/mol. The number of rotatable bonds is 7. The Balaban J connectivity index is 1.30. The minimum absolute atomic E-state index is 0.116. The summed E-state index contributed by atoms with van der Waals surface area (Å²) in [6.07, 6.45) is 1.22. The van der Waals surface area contributed by atoms with Gasteiger partial charge in [0.2, 0.25) is 11.1 Å². The van der Waals surface area contributed by atoms with Crippen LogP contribution in [0.4, 0.5) is 10.3 Å². The molecule has 1 aliphatic carbocycles. The fourth-order valence-corrected chi connectivity index (χ4v) is 6.02. The number of benzene rings is 3. The molecule has 1 N–H and O–H groups in total. The number of nitrogens with one attached hydrogen (secondary N) is 1. The van der Waals surface area contributed by atoms with Gasteiger partial charge in [-0.25, -0.2) is 9.07 Å². The topological polar surface area (TPSA) is 69.0 Å². The average molecular weight is 541 g/mol. The second kappa shape index (κ2) is 10.3. The normalized spacial score (nSPS) is 17.8. The minimum atomic E-state index is -0.404. The van der Waals surface area contributed by atoms with Gasteiger partial charge in [-0.3, -0.25) is 4.79 Å². The van der Waals surface area contributed by atoms with Crippen LogP contribution < -0.4 is 10.1 Å². The lowest BCUT2D eigenvalue weighted by molar-refractivity contribution is -0.118. The van der Waals surface area contributed by atoms with E-state index in [0.29, 0.717) is 35.4 Å². The van der Waals surface area contributed by atoms with E-state index in [2.05, 4.69) is 19.2 Å². The van der Waals surface area contributed by atoms with E-state index in [-0.39, 0.29) is 17.0 Å². The summed E-state index contributed by atoms with van der Waals surface area (Å²) >= 11 is 1.37. The SMILES string of the molecule is CC1(C)CC(=O)C2=C(C1)Nc1nc(SCc3ccccc3F)nn1C2c1ccc(OCc2ccccc2)cc1. The number of allylic oxidation sites excluding steroid dienone is 2. The van der Waals surface area contributed by atoms with Crippen LogP contribution in [0.1, 0.15) is 49.4 Å². The maximum atomic E-state index is 14.2. The number of halogens is 1. The Kier molecular flexibility index (Phi) is 6.73. The van der Waals surface area contributed by atoms with Crippen molar-refractivity contribution >= 4 is 23.5 Å². The van der Waals surface area contributed by atoms with Gasteiger partial charge in [0.05, 0.1) is 0 Å². The number of hydrogen-bond donors (Lipinski definition) is 1. The minimum Gasteiger partial charge on any atom is -0.489 e. The predicted octanol–water partition coefficient (Wildman–Crippen LogP) is 6.95. The number of nitrogens with zero attached hydrogens (tertiary/aromatic N) is 3. The van der Waals surface area contributed by atoms with Gasteiger partial charge in [0.15, 0.2) is 5.78 Å². The molecule has 3 aromatic carbocycles. The first-order chi connectivity index (χ1) is 18.9. The van der Waals surface area contributed by atoms with Crippen molar-refractivity contribution in [1.29, 1.82) is 0 Å². The van der Waals surface area contributed by atoms with E-state index in [1.165, 1.54) is 17.8 Å². The molecule has 0 spiro atoms. The standard InChI is InChI=1S/C31H29FN4O2S/c1-31(2)16-25-27(26(37)17-31)28(21-12-14-23(15-13-21)38-18-20-8-4-3-5-9-20)36-29(33-25)34-30(35-36)39-19-22-10-6-7-11-24(22)32/h3-15,28H,16-19H2,1-2H3,(H,33,34,35). The third kappa shape index (κ3) is 5.34. The number of thioether (sulfide) groups is 1. The quantitative estimate of drug-likeness (QED) is 0.256. The van der Waals surface area contributed by atoms with E-state index in [0.717, 1.165) is 34.6 Å². The molecule has 6 rings (SSSR count). The fraction of sp³-hybridized carbons (Fsp3) is 0.258. The Hall–Kier alpha value is -3.91. The Morgan fingerprint density at radius 3 is 2.54 bits per heavy atom. The summed E-state index contributed by atoms with van der Waals surface area (Å²) in [5.41, 5.74) is 4.11. The lowest BCUT2D eigenvalue weighted by Crippen LogP contribution is -2.36. The van der Waals surface area contributed by atoms with Crippen LogP contribution in [-0.2, 0) is 17.2 Å². The third-order valence-corrected chi connectivity index (χ3v) is 7.96. The molecule has 1 aliphatic heterocycles. The van der Waals surface area contributed by atoms with E-state index in [1.54, 1.807) is 16.8 Å². The van der Waals surface area contributed by atoms with Gasteiger partial charge in [-0.15, -0.1) is 5.10 Å². The first kappa shape index (κ1) is 25.4. The maximum Gasteiger partial charge on any atom is 0.227 e. The van der Waals surface area contributed by atoms with Gasteiger partial charge in [0, 0.05) is 23.4 Å². The van der Waals surface area contributed by atoms with E-state index in [9.17, 15) is 9.18 Å². The fourth-order valence-electron chi connectivity index (χ4n) is 5.20. The lowest BCUT2D eigenvalue weighted by Gasteiger charge is -2.38. The van der Waals surface area contributed by atoms with Crippen molar-refractivity contribution in [3.05, 3.63) is 113 Å². The van der Waals surface area contributed by atoms with E-state index < -0.39 is 6.04 Å². The number of carbonyl (C=O) groups excluding carboxylic acids is 1. The first-order valence-electron chi connectivity index (χ1n) is 13.0. The highest BCUT2D eigenvalue weighted by Gasteiger charge is 2.41.